The number of carbonyl (C=O) groups excluding carboxylic acids is 1. The van der Waals surface area contributed by atoms with E-state index in [1.165, 1.54) is 6.26 Å². The lowest BCUT2D eigenvalue weighted by Crippen LogP contribution is -2.53. The summed E-state index contributed by atoms with van der Waals surface area (Å²) in [5.41, 5.74) is 0. The molecule has 0 radical (unpaired) electrons. The Morgan fingerprint density at radius 2 is 2.00 bits per heavy atom. The van der Waals surface area contributed by atoms with Crippen LogP contribution in [0.25, 0.3) is 0 Å². The molecule has 1 aliphatic heterocycles. The second-order valence-corrected chi connectivity index (χ2v) is 5.90. The van der Waals surface area contributed by atoms with Gasteiger partial charge in [-0.05, 0) is 38.8 Å². The second-order valence-electron chi connectivity index (χ2n) is 5.90. The van der Waals surface area contributed by atoms with E-state index in [0.717, 1.165) is 58.2 Å². The average molecular weight is 350 g/mol. The molecular weight excluding hydrogens is 320 g/mol. The first kappa shape index (κ1) is 19.3. The average Bonchev–Trinajstić information content (AvgIpc) is 3.18. The number of hydrogen-bond acceptors (Lipinski definition) is 4. The van der Waals surface area contributed by atoms with Crippen LogP contribution in [0, 0.1) is 0 Å². The molecule has 0 aromatic carbocycles. The fourth-order valence-corrected chi connectivity index (χ4v) is 2.75. The predicted octanol–water partition coefficient (Wildman–Crippen LogP) is 1.82. The number of unbranched alkanes of at least 4 members (excludes halogenated alkanes) is 1. The Bertz CT molecular complexity index is 522. The molecule has 1 amide bonds. The third-order valence-corrected chi connectivity index (χ3v) is 4.10. The van der Waals surface area contributed by atoms with Gasteiger partial charge in [-0.2, -0.15) is 0 Å². The largest absolute Gasteiger partial charge is 0.459 e. The van der Waals surface area contributed by atoms with Gasteiger partial charge < -0.3 is 24.3 Å². The van der Waals surface area contributed by atoms with Gasteiger partial charge in [0.05, 0.1) is 6.26 Å². The Kier molecular flexibility index (Phi) is 8.31. The van der Waals surface area contributed by atoms with E-state index in [9.17, 15) is 4.79 Å². The molecule has 1 aliphatic rings. The molecule has 0 aliphatic carbocycles. The summed E-state index contributed by atoms with van der Waals surface area (Å²) in [7, 11) is 0. The van der Waals surface area contributed by atoms with Crippen molar-refractivity contribution in [3.05, 3.63) is 24.2 Å². The molecule has 1 aromatic heterocycles. The number of ether oxygens (including phenoxy) is 1. The van der Waals surface area contributed by atoms with E-state index in [4.69, 9.17) is 14.1 Å². The van der Waals surface area contributed by atoms with E-state index in [-0.39, 0.29) is 5.91 Å². The molecule has 0 bridgehead atoms. The molecule has 7 nitrogen and oxygen atoms in total. The molecule has 0 spiro atoms. The Balaban J connectivity index is 1.79. The molecule has 0 saturated carbocycles. The van der Waals surface area contributed by atoms with Crippen LogP contribution >= 0.6 is 0 Å². The highest BCUT2D eigenvalue weighted by molar-refractivity contribution is 5.91. The first-order valence-electron chi connectivity index (χ1n) is 9.20. The maximum Gasteiger partial charge on any atom is 0.289 e. The molecule has 1 N–H and O–H groups in total. The number of amides is 1. The van der Waals surface area contributed by atoms with Gasteiger partial charge in [0.25, 0.3) is 5.91 Å². The van der Waals surface area contributed by atoms with E-state index < -0.39 is 0 Å². The number of furan rings is 1. The molecule has 25 heavy (non-hydrogen) atoms. The van der Waals surface area contributed by atoms with E-state index >= 15 is 0 Å². The second kappa shape index (κ2) is 10.8. The zero-order valence-electron chi connectivity index (χ0n) is 15.4. The van der Waals surface area contributed by atoms with Gasteiger partial charge in [0.15, 0.2) is 11.7 Å². The molecule has 2 rings (SSSR count). The summed E-state index contributed by atoms with van der Waals surface area (Å²) in [5.74, 6) is 1.30. The maximum atomic E-state index is 12.3. The smallest absolute Gasteiger partial charge is 0.289 e. The predicted molar refractivity (Wildman–Crippen MR) is 97.9 cm³/mol. The van der Waals surface area contributed by atoms with Crippen molar-refractivity contribution in [2.75, 3.05) is 52.5 Å². The first-order chi connectivity index (χ1) is 12.3. The summed E-state index contributed by atoms with van der Waals surface area (Å²) in [5, 5.41) is 3.35. The van der Waals surface area contributed by atoms with Crippen molar-refractivity contribution in [2.24, 2.45) is 4.99 Å². The standard InChI is InChI=1S/C18H30N4O3/c1-3-19-18(20-9-5-6-14-24-4-2)22-12-10-21(11-13-22)17(23)16-8-7-15-25-16/h7-8,15H,3-6,9-14H2,1-2H3,(H,19,20). The van der Waals surface area contributed by atoms with E-state index in [0.29, 0.717) is 18.8 Å². The van der Waals surface area contributed by atoms with Crippen LogP contribution in [0.5, 0.6) is 0 Å². The normalized spacial score (nSPS) is 15.5. The summed E-state index contributed by atoms with van der Waals surface area (Å²) >= 11 is 0. The number of aliphatic imine (C=N–C) groups is 1. The van der Waals surface area contributed by atoms with E-state index in [1.807, 2.05) is 11.8 Å². The van der Waals surface area contributed by atoms with Crippen LogP contribution in [0.3, 0.4) is 0 Å². The summed E-state index contributed by atoms with van der Waals surface area (Å²) in [6.45, 7) is 10.2. The highest BCUT2D eigenvalue weighted by Crippen LogP contribution is 2.09. The van der Waals surface area contributed by atoms with Crippen LogP contribution in [0.2, 0.25) is 0 Å². The minimum Gasteiger partial charge on any atom is -0.459 e. The minimum absolute atomic E-state index is 0.0393. The fourth-order valence-electron chi connectivity index (χ4n) is 2.75. The van der Waals surface area contributed by atoms with Gasteiger partial charge in [-0.1, -0.05) is 0 Å². The van der Waals surface area contributed by atoms with Gasteiger partial charge in [0, 0.05) is 52.5 Å². The fraction of sp³-hybridized carbons (Fsp3) is 0.667. The maximum absolute atomic E-state index is 12.3. The van der Waals surface area contributed by atoms with Crippen molar-refractivity contribution in [3.63, 3.8) is 0 Å². The molecule has 0 atom stereocenters. The van der Waals surface area contributed by atoms with E-state index in [2.05, 4.69) is 17.1 Å². The molecule has 1 fully saturated rings. The Morgan fingerprint density at radius 3 is 2.64 bits per heavy atom. The van der Waals surface area contributed by atoms with Crippen LogP contribution in [-0.4, -0.2) is 74.1 Å². The molecule has 0 unspecified atom stereocenters. The van der Waals surface area contributed by atoms with Crippen LogP contribution in [0.15, 0.2) is 27.8 Å². The molecule has 1 aromatic rings. The lowest BCUT2D eigenvalue weighted by molar-refractivity contribution is 0.0657. The van der Waals surface area contributed by atoms with Crippen molar-refractivity contribution in [1.29, 1.82) is 0 Å². The summed E-state index contributed by atoms with van der Waals surface area (Å²) in [6.07, 6.45) is 3.58. The Hall–Kier alpha value is -2.02. The van der Waals surface area contributed by atoms with Crippen molar-refractivity contribution in [2.45, 2.75) is 26.7 Å². The number of nitrogens with one attached hydrogen (secondary N) is 1. The molecule has 1 saturated heterocycles. The van der Waals surface area contributed by atoms with Crippen molar-refractivity contribution in [3.8, 4) is 0 Å². The lowest BCUT2D eigenvalue weighted by atomic mass is 10.3. The van der Waals surface area contributed by atoms with Crippen molar-refractivity contribution in [1.82, 2.24) is 15.1 Å². The number of hydrogen-bond donors (Lipinski definition) is 1. The van der Waals surface area contributed by atoms with E-state index in [1.54, 1.807) is 12.1 Å². The third-order valence-electron chi connectivity index (χ3n) is 4.10. The first-order valence-corrected chi connectivity index (χ1v) is 9.20. The van der Waals surface area contributed by atoms with Crippen LogP contribution in [0.1, 0.15) is 37.2 Å². The summed E-state index contributed by atoms with van der Waals surface area (Å²) < 4.78 is 10.6. The highest BCUT2D eigenvalue weighted by Gasteiger charge is 2.25. The van der Waals surface area contributed by atoms with Gasteiger partial charge in [-0.15, -0.1) is 0 Å². The van der Waals surface area contributed by atoms with Crippen molar-refractivity contribution >= 4 is 11.9 Å². The zero-order chi connectivity index (χ0) is 17.9. The lowest BCUT2D eigenvalue weighted by Gasteiger charge is -2.36. The van der Waals surface area contributed by atoms with Gasteiger partial charge in [-0.3, -0.25) is 9.79 Å². The van der Waals surface area contributed by atoms with Gasteiger partial charge in [0.1, 0.15) is 0 Å². The molecular formula is C18H30N4O3. The van der Waals surface area contributed by atoms with Gasteiger partial charge >= 0.3 is 0 Å². The third kappa shape index (κ3) is 6.08. The highest BCUT2D eigenvalue weighted by atomic mass is 16.5. The summed E-state index contributed by atoms with van der Waals surface area (Å²) in [6, 6.07) is 3.45. The van der Waals surface area contributed by atoms with Gasteiger partial charge in [0.2, 0.25) is 0 Å². The quantitative estimate of drug-likeness (QED) is 0.440. The number of nitrogens with zero attached hydrogens (tertiary/aromatic N) is 3. The number of rotatable bonds is 8. The molecule has 7 heteroatoms. The van der Waals surface area contributed by atoms with Crippen LogP contribution in [-0.2, 0) is 4.74 Å². The van der Waals surface area contributed by atoms with Crippen molar-refractivity contribution < 1.29 is 13.9 Å². The zero-order valence-corrected chi connectivity index (χ0v) is 15.4. The molecule has 2 heterocycles. The SMILES string of the molecule is CCNC(=NCCCCOCC)N1CCN(C(=O)c2ccco2)CC1. The number of carbonyl (C=O) groups is 1. The van der Waals surface area contributed by atoms with Gasteiger partial charge in [-0.25, -0.2) is 0 Å². The van der Waals surface area contributed by atoms with Crippen LogP contribution < -0.4 is 5.32 Å². The number of guanidine groups is 1. The topological polar surface area (TPSA) is 70.3 Å². The van der Waals surface area contributed by atoms with Crippen LogP contribution in [0.4, 0.5) is 0 Å². The summed E-state index contributed by atoms with van der Waals surface area (Å²) in [4.78, 5) is 21.1. The minimum atomic E-state index is -0.0393. The Labute approximate surface area is 150 Å². The monoisotopic (exact) mass is 350 g/mol. The Morgan fingerprint density at radius 1 is 1.24 bits per heavy atom. The molecule has 140 valence electrons. The number of piperazine rings is 1.